The maximum absolute atomic E-state index is 12.3. The molecule has 1 amide bonds. The summed E-state index contributed by atoms with van der Waals surface area (Å²) < 4.78 is 0. The molecule has 1 fully saturated rings. The molecule has 1 N–H and O–H groups in total. The molecule has 1 aromatic carbocycles. The standard InChI is InChI=1S/C18H23N5O/c1-14-4-3-5-15(2)18(14)21-17(24)13-22-8-10-23(11-9-22)16-12-19-6-7-20-16/h3-7,12H,8-11,13H2,1-2H3,(H,21,24). The van der Waals surface area contributed by atoms with Crippen molar-refractivity contribution >= 4 is 17.4 Å². The molecular formula is C18H23N5O. The zero-order valence-corrected chi connectivity index (χ0v) is 14.2. The number of hydrogen-bond donors (Lipinski definition) is 1. The Labute approximate surface area is 142 Å². The van der Waals surface area contributed by atoms with Gasteiger partial charge in [-0.3, -0.25) is 14.7 Å². The number of amides is 1. The van der Waals surface area contributed by atoms with Gasteiger partial charge in [0, 0.05) is 44.3 Å². The third-order valence-corrected chi connectivity index (χ3v) is 4.36. The number of aryl methyl sites for hydroxylation is 2. The summed E-state index contributed by atoms with van der Waals surface area (Å²) in [6.45, 7) is 7.85. The summed E-state index contributed by atoms with van der Waals surface area (Å²) in [7, 11) is 0. The summed E-state index contributed by atoms with van der Waals surface area (Å²) in [5, 5.41) is 3.05. The Morgan fingerprint density at radius 1 is 1.12 bits per heavy atom. The first-order valence-electron chi connectivity index (χ1n) is 8.23. The Morgan fingerprint density at radius 2 is 1.83 bits per heavy atom. The second-order valence-corrected chi connectivity index (χ2v) is 6.14. The van der Waals surface area contributed by atoms with Crippen LogP contribution in [0.3, 0.4) is 0 Å². The van der Waals surface area contributed by atoms with Gasteiger partial charge < -0.3 is 10.2 Å². The number of benzene rings is 1. The average Bonchev–Trinajstić information content (AvgIpc) is 2.60. The topological polar surface area (TPSA) is 61.4 Å². The monoisotopic (exact) mass is 325 g/mol. The fourth-order valence-corrected chi connectivity index (χ4v) is 2.98. The van der Waals surface area contributed by atoms with E-state index in [1.54, 1.807) is 18.6 Å². The van der Waals surface area contributed by atoms with Crippen molar-refractivity contribution in [2.24, 2.45) is 0 Å². The highest BCUT2D eigenvalue weighted by Gasteiger charge is 2.20. The highest BCUT2D eigenvalue weighted by molar-refractivity contribution is 5.93. The van der Waals surface area contributed by atoms with Crippen LogP contribution in [0.25, 0.3) is 0 Å². The lowest BCUT2D eigenvalue weighted by atomic mass is 10.1. The van der Waals surface area contributed by atoms with Gasteiger partial charge in [-0.15, -0.1) is 0 Å². The van der Waals surface area contributed by atoms with Gasteiger partial charge in [-0.05, 0) is 25.0 Å². The van der Waals surface area contributed by atoms with Gasteiger partial charge in [0.2, 0.25) is 5.91 Å². The van der Waals surface area contributed by atoms with E-state index in [2.05, 4.69) is 25.1 Å². The summed E-state index contributed by atoms with van der Waals surface area (Å²) in [6, 6.07) is 6.04. The maximum atomic E-state index is 12.3. The third-order valence-electron chi connectivity index (χ3n) is 4.36. The van der Waals surface area contributed by atoms with E-state index in [0.29, 0.717) is 6.54 Å². The van der Waals surface area contributed by atoms with E-state index in [9.17, 15) is 4.79 Å². The van der Waals surface area contributed by atoms with Crippen molar-refractivity contribution in [2.45, 2.75) is 13.8 Å². The van der Waals surface area contributed by atoms with Crippen LogP contribution in [-0.2, 0) is 4.79 Å². The molecule has 0 spiro atoms. The molecule has 2 heterocycles. The molecular weight excluding hydrogens is 302 g/mol. The molecule has 6 heteroatoms. The van der Waals surface area contributed by atoms with Crippen molar-refractivity contribution in [3.8, 4) is 0 Å². The number of aromatic nitrogens is 2. The quantitative estimate of drug-likeness (QED) is 0.930. The summed E-state index contributed by atoms with van der Waals surface area (Å²) in [5.74, 6) is 0.942. The molecule has 0 bridgehead atoms. The third kappa shape index (κ3) is 3.89. The summed E-state index contributed by atoms with van der Waals surface area (Å²) in [6.07, 6.45) is 5.17. The van der Waals surface area contributed by atoms with E-state index >= 15 is 0 Å². The van der Waals surface area contributed by atoms with E-state index in [4.69, 9.17) is 0 Å². The maximum Gasteiger partial charge on any atom is 0.238 e. The van der Waals surface area contributed by atoms with Crippen LogP contribution in [0.2, 0.25) is 0 Å². The molecule has 0 aliphatic carbocycles. The fourth-order valence-electron chi connectivity index (χ4n) is 2.98. The summed E-state index contributed by atoms with van der Waals surface area (Å²) >= 11 is 0. The van der Waals surface area contributed by atoms with Gasteiger partial charge in [0.25, 0.3) is 0 Å². The lowest BCUT2D eigenvalue weighted by Crippen LogP contribution is -2.49. The second kappa shape index (κ2) is 7.40. The average molecular weight is 325 g/mol. The molecule has 1 aromatic heterocycles. The molecule has 0 unspecified atom stereocenters. The van der Waals surface area contributed by atoms with Gasteiger partial charge >= 0.3 is 0 Å². The first kappa shape index (κ1) is 16.4. The van der Waals surface area contributed by atoms with Crippen molar-refractivity contribution in [3.63, 3.8) is 0 Å². The van der Waals surface area contributed by atoms with Gasteiger partial charge in [-0.25, -0.2) is 4.98 Å². The number of rotatable bonds is 4. The molecule has 1 saturated heterocycles. The van der Waals surface area contributed by atoms with Gasteiger partial charge in [-0.1, -0.05) is 18.2 Å². The van der Waals surface area contributed by atoms with Crippen LogP contribution in [-0.4, -0.2) is 53.5 Å². The highest BCUT2D eigenvalue weighted by atomic mass is 16.2. The van der Waals surface area contributed by atoms with Crippen LogP contribution in [0.4, 0.5) is 11.5 Å². The lowest BCUT2D eigenvalue weighted by molar-refractivity contribution is -0.117. The normalized spacial score (nSPS) is 15.3. The van der Waals surface area contributed by atoms with Gasteiger partial charge in [0.1, 0.15) is 5.82 Å². The Morgan fingerprint density at radius 3 is 2.46 bits per heavy atom. The highest BCUT2D eigenvalue weighted by Crippen LogP contribution is 2.19. The van der Waals surface area contributed by atoms with Crippen molar-refractivity contribution in [1.82, 2.24) is 14.9 Å². The SMILES string of the molecule is Cc1cccc(C)c1NC(=O)CN1CCN(c2cnccn2)CC1. The van der Waals surface area contributed by atoms with Crippen LogP contribution in [0.1, 0.15) is 11.1 Å². The Hall–Kier alpha value is -2.47. The molecule has 126 valence electrons. The van der Waals surface area contributed by atoms with E-state index in [1.807, 2.05) is 32.0 Å². The minimum Gasteiger partial charge on any atom is -0.353 e. The second-order valence-electron chi connectivity index (χ2n) is 6.14. The molecule has 3 rings (SSSR count). The largest absolute Gasteiger partial charge is 0.353 e. The Balaban J connectivity index is 1.52. The van der Waals surface area contributed by atoms with Crippen molar-refractivity contribution in [2.75, 3.05) is 42.9 Å². The van der Waals surface area contributed by atoms with Crippen LogP contribution < -0.4 is 10.2 Å². The molecule has 24 heavy (non-hydrogen) atoms. The van der Waals surface area contributed by atoms with Crippen LogP contribution in [0, 0.1) is 13.8 Å². The van der Waals surface area contributed by atoms with Crippen LogP contribution in [0.15, 0.2) is 36.8 Å². The van der Waals surface area contributed by atoms with E-state index in [-0.39, 0.29) is 5.91 Å². The van der Waals surface area contributed by atoms with Gasteiger partial charge in [-0.2, -0.15) is 0 Å². The van der Waals surface area contributed by atoms with Crippen LogP contribution in [0.5, 0.6) is 0 Å². The minimum atomic E-state index is 0.0420. The zero-order valence-electron chi connectivity index (χ0n) is 14.2. The molecule has 1 aliphatic heterocycles. The van der Waals surface area contributed by atoms with Crippen molar-refractivity contribution in [1.29, 1.82) is 0 Å². The first-order chi connectivity index (χ1) is 11.6. The number of anilines is 2. The summed E-state index contributed by atoms with van der Waals surface area (Å²) in [4.78, 5) is 25.2. The lowest BCUT2D eigenvalue weighted by Gasteiger charge is -2.34. The van der Waals surface area contributed by atoms with Crippen molar-refractivity contribution in [3.05, 3.63) is 47.9 Å². The predicted molar refractivity (Wildman–Crippen MR) is 95.2 cm³/mol. The number of piperazine rings is 1. The number of para-hydroxylation sites is 1. The van der Waals surface area contributed by atoms with E-state index in [1.165, 1.54) is 0 Å². The number of carbonyl (C=O) groups excluding carboxylic acids is 1. The van der Waals surface area contributed by atoms with E-state index in [0.717, 1.165) is 48.8 Å². The predicted octanol–water partition coefficient (Wildman–Crippen LogP) is 1.85. The van der Waals surface area contributed by atoms with Crippen LogP contribution >= 0.6 is 0 Å². The molecule has 1 aliphatic rings. The number of carbonyl (C=O) groups is 1. The molecule has 0 atom stereocenters. The molecule has 2 aromatic rings. The van der Waals surface area contributed by atoms with Gasteiger partial charge in [0.15, 0.2) is 0 Å². The zero-order chi connectivity index (χ0) is 16.9. The number of hydrogen-bond acceptors (Lipinski definition) is 5. The molecule has 0 saturated carbocycles. The Kier molecular flexibility index (Phi) is 5.05. The van der Waals surface area contributed by atoms with Crippen molar-refractivity contribution < 1.29 is 4.79 Å². The molecule has 6 nitrogen and oxygen atoms in total. The fraction of sp³-hybridized carbons (Fsp3) is 0.389. The first-order valence-corrected chi connectivity index (χ1v) is 8.23. The smallest absolute Gasteiger partial charge is 0.238 e. The number of nitrogens with one attached hydrogen (secondary N) is 1. The van der Waals surface area contributed by atoms with E-state index < -0.39 is 0 Å². The van der Waals surface area contributed by atoms with Gasteiger partial charge in [0.05, 0.1) is 12.7 Å². The minimum absolute atomic E-state index is 0.0420. The number of nitrogens with zero attached hydrogens (tertiary/aromatic N) is 4. The molecule has 0 radical (unpaired) electrons. The summed E-state index contributed by atoms with van der Waals surface area (Å²) in [5.41, 5.74) is 3.12. The Bertz CT molecular complexity index is 676.